The van der Waals surface area contributed by atoms with Crippen LogP contribution in [0.4, 0.5) is 0 Å². The molecule has 0 fully saturated rings. The smallest absolute Gasteiger partial charge is 0.322 e. The summed E-state index contributed by atoms with van der Waals surface area (Å²) in [6.07, 6.45) is 2.61. The molecule has 0 aromatic carbocycles. The molecule has 0 saturated heterocycles. The molecular weight excluding hydrogens is 384 g/mol. The van der Waals surface area contributed by atoms with E-state index in [9.17, 15) is 19.2 Å². The predicted molar refractivity (Wildman–Crippen MR) is 110 cm³/mol. The molecule has 0 rings (SSSR count). The fourth-order valence-electron chi connectivity index (χ4n) is 2.34. The van der Waals surface area contributed by atoms with Crippen molar-refractivity contribution in [1.82, 2.24) is 16.0 Å². The lowest BCUT2D eigenvalue weighted by Crippen LogP contribution is -2.57. The van der Waals surface area contributed by atoms with E-state index in [0.29, 0.717) is 18.6 Å². The summed E-state index contributed by atoms with van der Waals surface area (Å²) in [5.74, 6) is -2.01. The van der Waals surface area contributed by atoms with Gasteiger partial charge in [-0.1, -0.05) is 27.7 Å². The average Bonchev–Trinajstić information content (AvgIpc) is 2.60. The molecule has 10 heteroatoms. The van der Waals surface area contributed by atoms with Crippen LogP contribution in [0.3, 0.4) is 0 Å². The lowest BCUT2D eigenvalue weighted by Gasteiger charge is -2.25. The molecule has 3 atom stereocenters. The summed E-state index contributed by atoms with van der Waals surface area (Å²) >= 11 is 1.53. The summed E-state index contributed by atoms with van der Waals surface area (Å²) < 4.78 is 0. The number of carboxylic acid groups (broad SMARTS) is 1. The van der Waals surface area contributed by atoms with E-state index < -0.39 is 48.4 Å². The Morgan fingerprint density at radius 2 is 1.54 bits per heavy atom. The van der Waals surface area contributed by atoms with Crippen molar-refractivity contribution in [1.29, 1.82) is 0 Å². The van der Waals surface area contributed by atoms with Crippen LogP contribution in [0.1, 0.15) is 40.5 Å². The Morgan fingerprint density at radius 3 is 2.00 bits per heavy atom. The Morgan fingerprint density at radius 1 is 0.964 bits per heavy atom. The van der Waals surface area contributed by atoms with Gasteiger partial charge in [0, 0.05) is 0 Å². The van der Waals surface area contributed by atoms with Gasteiger partial charge in [0.05, 0.1) is 6.04 Å². The molecule has 3 unspecified atom stereocenters. The van der Waals surface area contributed by atoms with Gasteiger partial charge >= 0.3 is 5.97 Å². The number of rotatable bonds is 13. The predicted octanol–water partition coefficient (Wildman–Crippen LogP) is -0.0607. The Kier molecular flexibility index (Phi) is 12.5. The molecule has 9 nitrogen and oxygen atoms in total. The molecule has 0 saturated carbocycles. The first-order chi connectivity index (χ1) is 13.0. The minimum Gasteiger partial charge on any atom is -0.480 e. The molecule has 0 radical (unpaired) electrons. The first-order valence-electron chi connectivity index (χ1n) is 9.34. The van der Waals surface area contributed by atoms with E-state index in [-0.39, 0.29) is 11.8 Å². The van der Waals surface area contributed by atoms with Crippen molar-refractivity contribution in [2.24, 2.45) is 17.6 Å². The summed E-state index contributed by atoms with van der Waals surface area (Å²) in [5, 5.41) is 16.3. The van der Waals surface area contributed by atoms with E-state index in [1.54, 1.807) is 0 Å². The molecule has 0 aliphatic carbocycles. The van der Waals surface area contributed by atoms with E-state index in [1.807, 2.05) is 34.0 Å². The zero-order valence-electron chi connectivity index (χ0n) is 17.3. The molecule has 0 heterocycles. The second-order valence-corrected chi connectivity index (χ2v) is 8.40. The summed E-state index contributed by atoms with van der Waals surface area (Å²) in [6.45, 7) is 6.87. The highest BCUT2D eigenvalue weighted by atomic mass is 32.2. The number of nitrogens with one attached hydrogen (secondary N) is 3. The Bertz CT molecular complexity index is 542. The minimum atomic E-state index is -1.17. The zero-order chi connectivity index (χ0) is 21.9. The number of carbonyl (C=O) groups excluding carboxylic acids is 3. The van der Waals surface area contributed by atoms with Gasteiger partial charge in [-0.2, -0.15) is 11.8 Å². The highest BCUT2D eigenvalue weighted by Gasteiger charge is 2.29. The summed E-state index contributed by atoms with van der Waals surface area (Å²) in [4.78, 5) is 48.0. The summed E-state index contributed by atoms with van der Waals surface area (Å²) in [5.41, 5.74) is 5.85. The number of nitrogens with two attached hydrogens (primary N) is 1. The minimum absolute atomic E-state index is 0.0836. The number of carboxylic acids is 1. The monoisotopic (exact) mass is 418 g/mol. The van der Waals surface area contributed by atoms with E-state index in [1.165, 1.54) is 11.8 Å². The molecule has 3 amide bonds. The number of hydrogen-bond donors (Lipinski definition) is 5. The van der Waals surface area contributed by atoms with E-state index in [0.717, 1.165) is 0 Å². The second kappa shape index (κ2) is 13.4. The lowest BCUT2D eigenvalue weighted by molar-refractivity contribution is -0.138. The van der Waals surface area contributed by atoms with Crippen molar-refractivity contribution in [2.75, 3.05) is 18.6 Å². The third-order valence-electron chi connectivity index (χ3n) is 4.02. The van der Waals surface area contributed by atoms with Gasteiger partial charge in [-0.3, -0.25) is 19.2 Å². The van der Waals surface area contributed by atoms with Crippen molar-refractivity contribution in [2.45, 2.75) is 58.7 Å². The van der Waals surface area contributed by atoms with E-state index in [4.69, 9.17) is 10.8 Å². The maximum Gasteiger partial charge on any atom is 0.322 e. The van der Waals surface area contributed by atoms with Crippen LogP contribution in [0.25, 0.3) is 0 Å². The Hall–Kier alpha value is -1.81. The maximum atomic E-state index is 12.7. The van der Waals surface area contributed by atoms with E-state index >= 15 is 0 Å². The fraction of sp³-hybridized carbons (Fsp3) is 0.778. The van der Waals surface area contributed by atoms with Crippen LogP contribution in [0.15, 0.2) is 0 Å². The van der Waals surface area contributed by atoms with Gasteiger partial charge in [-0.15, -0.1) is 0 Å². The van der Waals surface area contributed by atoms with Gasteiger partial charge in [0.1, 0.15) is 18.6 Å². The van der Waals surface area contributed by atoms with Crippen molar-refractivity contribution < 1.29 is 24.3 Å². The number of hydrogen-bond acceptors (Lipinski definition) is 6. The van der Waals surface area contributed by atoms with Gasteiger partial charge in [0.25, 0.3) is 0 Å². The van der Waals surface area contributed by atoms with E-state index in [2.05, 4.69) is 16.0 Å². The topological polar surface area (TPSA) is 151 Å². The molecule has 0 aromatic heterocycles. The molecular formula is C18H34N4O5S. The summed E-state index contributed by atoms with van der Waals surface area (Å²) in [6, 6.07) is -2.46. The third kappa shape index (κ3) is 10.5. The molecule has 0 aromatic rings. The van der Waals surface area contributed by atoms with Crippen LogP contribution in [0.2, 0.25) is 0 Å². The van der Waals surface area contributed by atoms with Crippen molar-refractivity contribution >= 4 is 35.5 Å². The maximum absolute atomic E-state index is 12.7. The first kappa shape index (κ1) is 26.2. The van der Waals surface area contributed by atoms with Gasteiger partial charge in [-0.05, 0) is 36.7 Å². The fourth-order valence-corrected chi connectivity index (χ4v) is 2.81. The standard InChI is InChI=1S/C18H34N4O5S/c1-10(2)8-13(16(25)20-9-14(23)24)22-17(26)12(6-7-28-5)21-18(27)15(19)11(3)4/h10-13,15H,6-9,19H2,1-5H3,(H,20,25)(H,21,27)(H,22,26)(H,23,24). The summed E-state index contributed by atoms with van der Waals surface area (Å²) in [7, 11) is 0. The second-order valence-electron chi connectivity index (χ2n) is 7.41. The molecule has 0 spiro atoms. The van der Waals surface area contributed by atoms with Crippen LogP contribution >= 0.6 is 11.8 Å². The van der Waals surface area contributed by atoms with Crippen LogP contribution in [0.5, 0.6) is 0 Å². The number of aliphatic carboxylic acids is 1. The normalized spacial score (nSPS) is 14.3. The van der Waals surface area contributed by atoms with Crippen molar-refractivity contribution in [3.63, 3.8) is 0 Å². The molecule has 0 aliphatic heterocycles. The Balaban J connectivity index is 5.19. The number of amides is 3. The number of carbonyl (C=O) groups is 4. The van der Waals surface area contributed by atoms with Gasteiger partial charge in [-0.25, -0.2) is 0 Å². The van der Waals surface area contributed by atoms with Gasteiger partial charge < -0.3 is 26.8 Å². The third-order valence-corrected chi connectivity index (χ3v) is 4.66. The average molecular weight is 419 g/mol. The van der Waals surface area contributed by atoms with Gasteiger partial charge in [0.15, 0.2) is 0 Å². The number of thioether (sulfide) groups is 1. The molecule has 0 aliphatic rings. The molecule has 162 valence electrons. The SMILES string of the molecule is CSCCC(NC(=O)C(N)C(C)C)C(=O)NC(CC(C)C)C(=O)NCC(=O)O. The highest BCUT2D eigenvalue weighted by Crippen LogP contribution is 2.08. The van der Waals surface area contributed by atoms with Crippen LogP contribution < -0.4 is 21.7 Å². The van der Waals surface area contributed by atoms with Crippen LogP contribution in [-0.2, 0) is 19.2 Å². The molecule has 28 heavy (non-hydrogen) atoms. The lowest BCUT2D eigenvalue weighted by atomic mass is 10.0. The Labute approximate surface area is 170 Å². The van der Waals surface area contributed by atoms with Crippen LogP contribution in [0, 0.1) is 11.8 Å². The first-order valence-corrected chi connectivity index (χ1v) is 10.7. The van der Waals surface area contributed by atoms with Crippen molar-refractivity contribution in [3.05, 3.63) is 0 Å². The largest absolute Gasteiger partial charge is 0.480 e. The zero-order valence-corrected chi connectivity index (χ0v) is 18.1. The molecule has 6 N–H and O–H groups in total. The quantitative estimate of drug-likeness (QED) is 0.281. The van der Waals surface area contributed by atoms with Crippen molar-refractivity contribution in [3.8, 4) is 0 Å². The molecule has 0 bridgehead atoms. The van der Waals surface area contributed by atoms with Gasteiger partial charge in [0.2, 0.25) is 17.7 Å². The highest BCUT2D eigenvalue weighted by molar-refractivity contribution is 7.98. The van der Waals surface area contributed by atoms with Crippen LogP contribution in [-0.4, -0.2) is 65.5 Å².